The van der Waals surface area contributed by atoms with Gasteiger partial charge in [-0.05, 0) is 31.9 Å². The van der Waals surface area contributed by atoms with E-state index >= 15 is 0 Å². The monoisotopic (exact) mass is 212 g/mol. The van der Waals surface area contributed by atoms with Gasteiger partial charge in [-0.2, -0.15) is 0 Å². The average Bonchev–Trinajstić information content (AvgIpc) is 2.86. The third kappa shape index (κ3) is 1.35. The lowest BCUT2D eigenvalue weighted by Gasteiger charge is -2.09. The lowest BCUT2D eigenvalue weighted by Crippen LogP contribution is -2.22. The molecule has 0 saturated heterocycles. The summed E-state index contributed by atoms with van der Waals surface area (Å²) in [6.45, 7) is 1.89. The first-order valence-corrected chi connectivity index (χ1v) is 5.98. The Morgan fingerprint density at radius 3 is 2.14 bits per heavy atom. The second kappa shape index (κ2) is 2.81. The van der Waals surface area contributed by atoms with Crippen LogP contribution in [0, 0.1) is 6.92 Å². The molecular weight excluding hydrogens is 200 g/mol. The van der Waals surface area contributed by atoms with Gasteiger partial charge >= 0.3 is 0 Å². The molecule has 0 aliphatic heterocycles. The first-order chi connectivity index (χ1) is 6.46. The lowest BCUT2D eigenvalue weighted by molar-refractivity contribution is 0.230. The maximum Gasteiger partial charge on any atom is 0.207 e. The van der Waals surface area contributed by atoms with Crippen molar-refractivity contribution in [3.05, 3.63) is 29.8 Å². The van der Waals surface area contributed by atoms with Gasteiger partial charge in [0.25, 0.3) is 0 Å². The molecular formula is C10H12O3S. The molecule has 1 aromatic carbocycles. The van der Waals surface area contributed by atoms with Gasteiger partial charge in [0.05, 0.1) is 4.90 Å². The Balaban J connectivity index is 2.45. The van der Waals surface area contributed by atoms with E-state index in [4.69, 9.17) is 0 Å². The first kappa shape index (κ1) is 9.68. The minimum absolute atomic E-state index is 0.211. The predicted octanol–water partition coefficient (Wildman–Crippen LogP) is 1.25. The summed E-state index contributed by atoms with van der Waals surface area (Å²) in [5, 5.41) is 9.59. The van der Waals surface area contributed by atoms with E-state index in [1.165, 1.54) is 0 Å². The van der Waals surface area contributed by atoms with Crippen LogP contribution < -0.4 is 0 Å². The molecule has 1 aliphatic rings. The molecule has 14 heavy (non-hydrogen) atoms. The van der Waals surface area contributed by atoms with E-state index in [-0.39, 0.29) is 4.90 Å². The summed E-state index contributed by atoms with van der Waals surface area (Å²) in [7, 11) is -3.53. The van der Waals surface area contributed by atoms with Crippen molar-refractivity contribution in [2.24, 2.45) is 0 Å². The van der Waals surface area contributed by atoms with Crippen molar-refractivity contribution < 1.29 is 13.5 Å². The predicted molar refractivity (Wildman–Crippen MR) is 52.5 cm³/mol. The molecule has 1 saturated carbocycles. The molecule has 0 unspecified atom stereocenters. The van der Waals surface area contributed by atoms with E-state index < -0.39 is 14.8 Å². The third-order valence-electron chi connectivity index (χ3n) is 2.51. The second-order valence-electron chi connectivity index (χ2n) is 3.76. The van der Waals surface area contributed by atoms with Crippen molar-refractivity contribution >= 4 is 9.84 Å². The van der Waals surface area contributed by atoms with Gasteiger partial charge in [0.15, 0.2) is 4.93 Å². The van der Waals surface area contributed by atoms with Crippen LogP contribution in [0.5, 0.6) is 0 Å². The van der Waals surface area contributed by atoms with E-state index in [0.717, 1.165) is 5.56 Å². The Hall–Kier alpha value is -0.870. The van der Waals surface area contributed by atoms with Crippen LogP contribution in [0.4, 0.5) is 0 Å². The largest absolute Gasteiger partial charge is 0.374 e. The minimum Gasteiger partial charge on any atom is -0.374 e. The highest BCUT2D eigenvalue weighted by molar-refractivity contribution is 7.93. The molecule has 0 radical (unpaired) electrons. The van der Waals surface area contributed by atoms with Crippen molar-refractivity contribution in [3.63, 3.8) is 0 Å². The van der Waals surface area contributed by atoms with Crippen LogP contribution in [0.25, 0.3) is 0 Å². The smallest absolute Gasteiger partial charge is 0.207 e. The van der Waals surface area contributed by atoms with Crippen molar-refractivity contribution in [2.75, 3.05) is 0 Å². The maximum atomic E-state index is 11.8. The second-order valence-corrected chi connectivity index (χ2v) is 6.00. The first-order valence-electron chi connectivity index (χ1n) is 4.49. The molecule has 0 spiro atoms. The van der Waals surface area contributed by atoms with Gasteiger partial charge in [-0.15, -0.1) is 0 Å². The van der Waals surface area contributed by atoms with E-state index in [9.17, 15) is 13.5 Å². The molecule has 0 amide bonds. The fourth-order valence-electron chi connectivity index (χ4n) is 1.31. The van der Waals surface area contributed by atoms with E-state index in [0.29, 0.717) is 12.8 Å². The number of aliphatic hydroxyl groups is 1. The van der Waals surface area contributed by atoms with Gasteiger partial charge in [-0.25, -0.2) is 8.42 Å². The zero-order valence-electron chi connectivity index (χ0n) is 7.90. The van der Waals surface area contributed by atoms with Gasteiger partial charge in [0, 0.05) is 0 Å². The van der Waals surface area contributed by atoms with Gasteiger partial charge in [0.1, 0.15) is 0 Å². The van der Waals surface area contributed by atoms with Crippen molar-refractivity contribution in [1.82, 2.24) is 0 Å². The topological polar surface area (TPSA) is 54.4 Å². The molecule has 1 aliphatic carbocycles. The molecule has 1 aromatic rings. The van der Waals surface area contributed by atoms with Crippen molar-refractivity contribution in [1.29, 1.82) is 0 Å². The van der Waals surface area contributed by atoms with Crippen LogP contribution >= 0.6 is 0 Å². The molecule has 2 rings (SSSR count). The van der Waals surface area contributed by atoms with Gasteiger partial charge in [0.2, 0.25) is 9.84 Å². The highest BCUT2D eigenvalue weighted by Gasteiger charge is 2.53. The normalized spacial score (nSPS) is 19.3. The summed E-state index contributed by atoms with van der Waals surface area (Å²) in [6, 6.07) is 6.55. The Kier molecular flexibility index (Phi) is 1.94. The third-order valence-corrected chi connectivity index (χ3v) is 4.81. The van der Waals surface area contributed by atoms with E-state index in [1.54, 1.807) is 24.3 Å². The molecule has 0 heterocycles. The number of aryl methyl sites for hydroxylation is 1. The quantitative estimate of drug-likeness (QED) is 0.802. The Morgan fingerprint density at radius 2 is 1.71 bits per heavy atom. The number of hydrogen-bond donors (Lipinski definition) is 1. The zero-order valence-corrected chi connectivity index (χ0v) is 8.71. The summed E-state index contributed by atoms with van der Waals surface area (Å²) in [5.41, 5.74) is 1.01. The van der Waals surface area contributed by atoms with Gasteiger partial charge in [-0.3, -0.25) is 0 Å². The van der Waals surface area contributed by atoms with Crippen LogP contribution in [0.3, 0.4) is 0 Å². The average molecular weight is 212 g/mol. The van der Waals surface area contributed by atoms with E-state index in [1.807, 2.05) is 6.92 Å². The fourth-order valence-corrected chi connectivity index (χ4v) is 2.89. The Morgan fingerprint density at radius 1 is 1.21 bits per heavy atom. The van der Waals surface area contributed by atoms with Gasteiger partial charge in [-0.1, -0.05) is 17.7 Å². The molecule has 0 bridgehead atoms. The number of hydrogen-bond acceptors (Lipinski definition) is 3. The standard InChI is InChI=1S/C10H12O3S/c1-8-2-4-9(5-3-8)14(12,13)10(11)6-7-10/h2-5,11H,6-7H2,1H3. The molecule has 76 valence electrons. The summed E-state index contributed by atoms with van der Waals surface area (Å²) < 4.78 is 23.6. The summed E-state index contributed by atoms with van der Waals surface area (Å²) in [4.78, 5) is -1.27. The molecule has 1 fully saturated rings. The SMILES string of the molecule is Cc1ccc(S(=O)(=O)C2(O)CC2)cc1. The van der Waals surface area contributed by atoms with Crippen LogP contribution in [0.1, 0.15) is 18.4 Å². The number of sulfone groups is 1. The van der Waals surface area contributed by atoms with Crippen LogP contribution in [0.2, 0.25) is 0 Å². The van der Waals surface area contributed by atoms with E-state index in [2.05, 4.69) is 0 Å². The molecule has 0 aromatic heterocycles. The highest BCUT2D eigenvalue weighted by Crippen LogP contribution is 2.43. The maximum absolute atomic E-state index is 11.8. The van der Waals surface area contributed by atoms with Crippen LogP contribution in [0.15, 0.2) is 29.2 Å². The fraction of sp³-hybridized carbons (Fsp3) is 0.400. The molecule has 3 nitrogen and oxygen atoms in total. The van der Waals surface area contributed by atoms with Crippen molar-refractivity contribution in [3.8, 4) is 0 Å². The van der Waals surface area contributed by atoms with Crippen molar-refractivity contribution in [2.45, 2.75) is 29.6 Å². The van der Waals surface area contributed by atoms with Crippen LogP contribution in [-0.4, -0.2) is 18.5 Å². The zero-order chi connectivity index (χ0) is 10.4. The molecule has 4 heteroatoms. The van der Waals surface area contributed by atoms with Crippen LogP contribution in [-0.2, 0) is 9.84 Å². The van der Waals surface area contributed by atoms with Gasteiger partial charge < -0.3 is 5.11 Å². The Labute approximate surface area is 83.3 Å². The summed E-state index contributed by atoms with van der Waals surface area (Å²) in [6.07, 6.45) is 0.701. The summed E-state index contributed by atoms with van der Waals surface area (Å²) in [5.74, 6) is 0. The number of rotatable bonds is 2. The molecule has 0 atom stereocenters. The Bertz CT molecular complexity index is 441. The lowest BCUT2D eigenvalue weighted by atomic mass is 10.2. The minimum atomic E-state index is -3.53. The number of benzene rings is 1. The highest BCUT2D eigenvalue weighted by atomic mass is 32.2. The summed E-state index contributed by atoms with van der Waals surface area (Å²) >= 11 is 0. The molecule has 1 N–H and O–H groups in total.